The molecule has 1 saturated heterocycles. The molecule has 1 heterocycles. The molecule has 1 aromatic carbocycles. The molecule has 4 heteroatoms. The standard InChI is InChI=1S/C16H24O4/c1-16(2,17)13-6-8-14(9-7-13)18-11-12-20-15-5-3-4-10-19-15/h6-9,15,17H,3-5,10-12H2,1-2H3/t15-/m1/s1. The minimum atomic E-state index is -0.819. The van der Waals surface area contributed by atoms with Gasteiger partial charge in [-0.2, -0.15) is 0 Å². The second kappa shape index (κ2) is 7.07. The van der Waals surface area contributed by atoms with E-state index in [4.69, 9.17) is 14.2 Å². The Kier molecular flexibility index (Phi) is 5.40. The summed E-state index contributed by atoms with van der Waals surface area (Å²) in [4.78, 5) is 0. The third-order valence-corrected chi connectivity index (χ3v) is 3.35. The summed E-state index contributed by atoms with van der Waals surface area (Å²) in [6.07, 6.45) is 3.21. The molecule has 1 aliphatic heterocycles. The van der Waals surface area contributed by atoms with E-state index in [1.165, 1.54) is 6.42 Å². The lowest BCUT2D eigenvalue weighted by molar-refractivity contribution is -0.165. The van der Waals surface area contributed by atoms with Gasteiger partial charge < -0.3 is 19.3 Å². The first-order valence-corrected chi connectivity index (χ1v) is 7.24. The van der Waals surface area contributed by atoms with E-state index in [0.717, 1.165) is 30.8 Å². The molecule has 0 aromatic heterocycles. The van der Waals surface area contributed by atoms with Crippen LogP contribution in [-0.4, -0.2) is 31.2 Å². The predicted molar refractivity (Wildman–Crippen MR) is 76.7 cm³/mol. The van der Waals surface area contributed by atoms with Gasteiger partial charge in [0.15, 0.2) is 6.29 Å². The van der Waals surface area contributed by atoms with Crippen molar-refractivity contribution in [1.82, 2.24) is 0 Å². The third kappa shape index (κ3) is 4.78. The first kappa shape index (κ1) is 15.3. The van der Waals surface area contributed by atoms with Crippen LogP contribution in [-0.2, 0) is 15.1 Å². The summed E-state index contributed by atoms with van der Waals surface area (Å²) in [7, 11) is 0. The second-order valence-electron chi connectivity index (χ2n) is 5.60. The Morgan fingerprint density at radius 2 is 1.95 bits per heavy atom. The third-order valence-electron chi connectivity index (χ3n) is 3.35. The van der Waals surface area contributed by atoms with Crippen molar-refractivity contribution >= 4 is 0 Å². The highest BCUT2D eigenvalue weighted by atomic mass is 16.7. The SMILES string of the molecule is CC(C)(O)c1ccc(OCCO[C@@H]2CCCCO2)cc1. The fourth-order valence-corrected chi connectivity index (χ4v) is 2.14. The average Bonchev–Trinajstić information content (AvgIpc) is 2.44. The van der Waals surface area contributed by atoms with Crippen LogP contribution in [0.5, 0.6) is 5.75 Å². The zero-order valence-corrected chi connectivity index (χ0v) is 12.3. The highest BCUT2D eigenvalue weighted by molar-refractivity contribution is 5.30. The molecule has 0 spiro atoms. The highest BCUT2D eigenvalue weighted by Gasteiger charge is 2.15. The molecule has 0 radical (unpaired) electrons. The predicted octanol–water partition coefficient (Wildman–Crippen LogP) is 2.84. The van der Waals surface area contributed by atoms with Gasteiger partial charge in [-0.05, 0) is 50.8 Å². The molecule has 1 aliphatic rings. The first-order chi connectivity index (χ1) is 9.55. The maximum atomic E-state index is 9.86. The van der Waals surface area contributed by atoms with Crippen LogP contribution >= 0.6 is 0 Å². The lowest BCUT2D eigenvalue weighted by Crippen LogP contribution is -2.24. The summed E-state index contributed by atoms with van der Waals surface area (Å²) >= 11 is 0. The van der Waals surface area contributed by atoms with Gasteiger partial charge in [0.05, 0.1) is 12.2 Å². The van der Waals surface area contributed by atoms with Crippen LogP contribution in [0.1, 0.15) is 38.7 Å². The van der Waals surface area contributed by atoms with E-state index in [1.807, 2.05) is 24.3 Å². The lowest BCUT2D eigenvalue weighted by atomic mass is 9.99. The summed E-state index contributed by atoms with van der Waals surface area (Å²) in [5.74, 6) is 0.783. The van der Waals surface area contributed by atoms with E-state index in [0.29, 0.717) is 13.2 Å². The van der Waals surface area contributed by atoms with Crippen molar-refractivity contribution in [2.75, 3.05) is 19.8 Å². The molecule has 20 heavy (non-hydrogen) atoms. The highest BCUT2D eigenvalue weighted by Crippen LogP contribution is 2.22. The fourth-order valence-electron chi connectivity index (χ4n) is 2.14. The maximum Gasteiger partial charge on any atom is 0.157 e. The summed E-state index contributed by atoms with van der Waals surface area (Å²) in [5.41, 5.74) is 0.0525. The largest absolute Gasteiger partial charge is 0.491 e. The van der Waals surface area contributed by atoms with Gasteiger partial charge >= 0.3 is 0 Å². The summed E-state index contributed by atoms with van der Waals surface area (Å²) in [6.45, 7) is 5.35. The number of rotatable bonds is 6. The molecule has 2 rings (SSSR count). The van der Waals surface area contributed by atoms with Gasteiger partial charge in [0.2, 0.25) is 0 Å². The van der Waals surface area contributed by atoms with Crippen molar-refractivity contribution in [1.29, 1.82) is 0 Å². The van der Waals surface area contributed by atoms with Gasteiger partial charge in [-0.1, -0.05) is 12.1 Å². The van der Waals surface area contributed by atoms with Gasteiger partial charge in [-0.25, -0.2) is 0 Å². The van der Waals surface area contributed by atoms with Crippen LogP contribution < -0.4 is 4.74 Å². The molecule has 1 N–H and O–H groups in total. The van der Waals surface area contributed by atoms with E-state index >= 15 is 0 Å². The van der Waals surface area contributed by atoms with Crippen LogP contribution in [0.4, 0.5) is 0 Å². The monoisotopic (exact) mass is 280 g/mol. The van der Waals surface area contributed by atoms with Crippen LogP contribution in [0, 0.1) is 0 Å². The van der Waals surface area contributed by atoms with E-state index in [1.54, 1.807) is 13.8 Å². The minimum absolute atomic E-state index is 0.0649. The van der Waals surface area contributed by atoms with Gasteiger partial charge in [0.25, 0.3) is 0 Å². The van der Waals surface area contributed by atoms with Crippen LogP contribution in [0.25, 0.3) is 0 Å². The zero-order chi connectivity index (χ0) is 14.4. The second-order valence-corrected chi connectivity index (χ2v) is 5.60. The minimum Gasteiger partial charge on any atom is -0.491 e. The number of ether oxygens (including phenoxy) is 3. The Morgan fingerprint density at radius 1 is 1.20 bits per heavy atom. The normalized spacial score (nSPS) is 19.9. The van der Waals surface area contributed by atoms with E-state index in [9.17, 15) is 5.11 Å². The molecule has 1 fully saturated rings. The maximum absolute atomic E-state index is 9.86. The molecule has 1 aromatic rings. The summed E-state index contributed by atoms with van der Waals surface area (Å²) < 4.78 is 16.7. The number of benzene rings is 1. The van der Waals surface area contributed by atoms with Crippen molar-refractivity contribution in [3.8, 4) is 5.75 Å². The Labute approximate surface area is 120 Å². The Bertz CT molecular complexity index is 388. The summed E-state index contributed by atoms with van der Waals surface area (Å²) in [6, 6.07) is 7.48. The van der Waals surface area contributed by atoms with E-state index in [-0.39, 0.29) is 6.29 Å². The van der Waals surface area contributed by atoms with Crippen LogP contribution in [0.2, 0.25) is 0 Å². The first-order valence-electron chi connectivity index (χ1n) is 7.24. The Hall–Kier alpha value is -1.10. The molecule has 112 valence electrons. The molecule has 0 amide bonds. The zero-order valence-electron chi connectivity index (χ0n) is 12.3. The van der Waals surface area contributed by atoms with Gasteiger partial charge in [0, 0.05) is 6.61 Å². The van der Waals surface area contributed by atoms with Gasteiger partial charge in [-0.15, -0.1) is 0 Å². The van der Waals surface area contributed by atoms with Crippen molar-refractivity contribution in [3.05, 3.63) is 29.8 Å². The Morgan fingerprint density at radius 3 is 2.55 bits per heavy atom. The van der Waals surface area contributed by atoms with Crippen molar-refractivity contribution in [2.24, 2.45) is 0 Å². The lowest BCUT2D eigenvalue weighted by Gasteiger charge is -2.22. The molecule has 0 aliphatic carbocycles. The van der Waals surface area contributed by atoms with Crippen LogP contribution in [0.15, 0.2) is 24.3 Å². The molecular formula is C16H24O4. The van der Waals surface area contributed by atoms with Crippen LogP contribution in [0.3, 0.4) is 0 Å². The molecule has 0 bridgehead atoms. The fraction of sp³-hybridized carbons (Fsp3) is 0.625. The summed E-state index contributed by atoms with van der Waals surface area (Å²) in [5, 5.41) is 9.86. The topological polar surface area (TPSA) is 47.9 Å². The number of hydrogen-bond acceptors (Lipinski definition) is 4. The number of aliphatic hydroxyl groups is 1. The van der Waals surface area contributed by atoms with Crippen molar-refractivity contribution in [3.63, 3.8) is 0 Å². The van der Waals surface area contributed by atoms with Gasteiger partial charge in [0.1, 0.15) is 12.4 Å². The van der Waals surface area contributed by atoms with Gasteiger partial charge in [-0.3, -0.25) is 0 Å². The molecular weight excluding hydrogens is 256 g/mol. The average molecular weight is 280 g/mol. The molecule has 4 nitrogen and oxygen atoms in total. The van der Waals surface area contributed by atoms with Crippen molar-refractivity contribution < 1.29 is 19.3 Å². The van der Waals surface area contributed by atoms with Crippen molar-refractivity contribution in [2.45, 2.75) is 45.0 Å². The Balaban J connectivity index is 1.68. The molecule has 0 unspecified atom stereocenters. The quantitative estimate of drug-likeness (QED) is 0.814. The molecule has 0 saturated carbocycles. The van der Waals surface area contributed by atoms with E-state index in [2.05, 4.69) is 0 Å². The number of hydrogen-bond donors (Lipinski definition) is 1. The smallest absolute Gasteiger partial charge is 0.157 e. The van der Waals surface area contributed by atoms with E-state index < -0.39 is 5.60 Å². The molecule has 1 atom stereocenters.